The first-order chi connectivity index (χ1) is 6.16. The third-order valence-corrected chi connectivity index (χ3v) is 2.16. The highest BCUT2D eigenvalue weighted by Crippen LogP contribution is 2.31. The summed E-state index contributed by atoms with van der Waals surface area (Å²) in [7, 11) is 0. The number of hydrogen-bond donors (Lipinski definition) is 1. The van der Waals surface area contributed by atoms with Gasteiger partial charge in [-0.05, 0) is 25.8 Å². The van der Waals surface area contributed by atoms with Gasteiger partial charge in [0.25, 0.3) is 0 Å². The van der Waals surface area contributed by atoms with E-state index in [9.17, 15) is 9.59 Å². The molecule has 0 spiro atoms. The maximum Gasteiger partial charge on any atom is 0.232 e. The number of nitrogens with two attached hydrogens (primary N) is 1. The van der Waals surface area contributed by atoms with Crippen molar-refractivity contribution in [3.63, 3.8) is 0 Å². The summed E-state index contributed by atoms with van der Waals surface area (Å²) < 4.78 is 0. The lowest BCUT2D eigenvalue weighted by Gasteiger charge is -2.18. The Hall–Kier alpha value is -0.900. The van der Waals surface area contributed by atoms with E-state index < -0.39 is 0 Å². The van der Waals surface area contributed by atoms with Crippen LogP contribution in [-0.4, -0.2) is 29.8 Å². The zero-order chi connectivity index (χ0) is 9.84. The van der Waals surface area contributed by atoms with Crippen molar-refractivity contribution < 1.29 is 9.59 Å². The molecule has 1 aliphatic carbocycles. The Kier molecular flexibility index (Phi) is 3.42. The molecule has 0 heterocycles. The SMILES string of the molecule is CC(=O)N(CCCN)C(=O)C1CC1. The Morgan fingerprint density at radius 3 is 2.46 bits per heavy atom. The van der Waals surface area contributed by atoms with Crippen LogP contribution in [0.1, 0.15) is 26.2 Å². The standard InChI is InChI=1S/C9H16N2O2/c1-7(12)11(6-2-5-10)9(13)8-3-4-8/h8H,2-6,10H2,1H3. The molecule has 1 fully saturated rings. The Bertz CT molecular complexity index is 212. The van der Waals surface area contributed by atoms with E-state index in [2.05, 4.69) is 0 Å². The van der Waals surface area contributed by atoms with Crippen LogP contribution in [0.25, 0.3) is 0 Å². The van der Waals surface area contributed by atoms with Crippen LogP contribution < -0.4 is 5.73 Å². The summed E-state index contributed by atoms with van der Waals surface area (Å²) in [4.78, 5) is 23.9. The molecule has 0 aromatic carbocycles. The third kappa shape index (κ3) is 2.81. The summed E-state index contributed by atoms with van der Waals surface area (Å²) in [6, 6.07) is 0. The number of amides is 2. The topological polar surface area (TPSA) is 63.4 Å². The maximum absolute atomic E-state index is 11.5. The molecule has 1 saturated carbocycles. The average molecular weight is 184 g/mol. The van der Waals surface area contributed by atoms with Crippen molar-refractivity contribution in [2.45, 2.75) is 26.2 Å². The highest BCUT2D eigenvalue weighted by molar-refractivity contribution is 5.96. The number of carbonyl (C=O) groups excluding carboxylic acids is 2. The minimum atomic E-state index is -0.162. The average Bonchev–Trinajstić information content (AvgIpc) is 2.86. The Morgan fingerprint density at radius 2 is 2.08 bits per heavy atom. The molecule has 2 amide bonds. The van der Waals surface area contributed by atoms with Gasteiger partial charge in [0.1, 0.15) is 0 Å². The molecule has 0 aliphatic heterocycles. The third-order valence-electron chi connectivity index (χ3n) is 2.16. The predicted molar refractivity (Wildman–Crippen MR) is 48.8 cm³/mol. The molecule has 0 aromatic heterocycles. The quantitative estimate of drug-likeness (QED) is 0.675. The van der Waals surface area contributed by atoms with E-state index in [1.54, 1.807) is 0 Å². The van der Waals surface area contributed by atoms with E-state index in [4.69, 9.17) is 5.73 Å². The van der Waals surface area contributed by atoms with Gasteiger partial charge >= 0.3 is 0 Å². The van der Waals surface area contributed by atoms with Gasteiger partial charge in [0.05, 0.1) is 0 Å². The van der Waals surface area contributed by atoms with Crippen molar-refractivity contribution in [3.05, 3.63) is 0 Å². The zero-order valence-electron chi connectivity index (χ0n) is 7.95. The van der Waals surface area contributed by atoms with Crippen LogP contribution in [0.5, 0.6) is 0 Å². The second-order valence-electron chi connectivity index (χ2n) is 3.43. The van der Waals surface area contributed by atoms with Crippen molar-refractivity contribution in [1.82, 2.24) is 4.90 Å². The zero-order valence-corrected chi connectivity index (χ0v) is 7.95. The fraction of sp³-hybridized carbons (Fsp3) is 0.778. The number of hydrogen-bond acceptors (Lipinski definition) is 3. The smallest absolute Gasteiger partial charge is 0.232 e. The lowest BCUT2D eigenvalue weighted by atomic mass is 10.3. The number of rotatable bonds is 4. The molecule has 0 aromatic rings. The molecule has 2 N–H and O–H groups in total. The number of carbonyl (C=O) groups is 2. The summed E-state index contributed by atoms with van der Waals surface area (Å²) in [6.45, 7) is 2.42. The summed E-state index contributed by atoms with van der Waals surface area (Å²) in [5.41, 5.74) is 5.32. The van der Waals surface area contributed by atoms with Crippen molar-refractivity contribution >= 4 is 11.8 Å². The van der Waals surface area contributed by atoms with E-state index in [0.717, 1.165) is 12.8 Å². The monoisotopic (exact) mass is 184 g/mol. The van der Waals surface area contributed by atoms with Gasteiger partial charge < -0.3 is 5.73 Å². The lowest BCUT2D eigenvalue weighted by Crippen LogP contribution is -2.37. The summed E-state index contributed by atoms with van der Waals surface area (Å²) in [6.07, 6.45) is 2.56. The fourth-order valence-electron chi connectivity index (χ4n) is 1.22. The highest BCUT2D eigenvalue weighted by atomic mass is 16.2. The normalized spacial score (nSPS) is 15.5. The van der Waals surface area contributed by atoms with Crippen molar-refractivity contribution in [1.29, 1.82) is 0 Å². The first kappa shape index (κ1) is 10.2. The van der Waals surface area contributed by atoms with E-state index >= 15 is 0 Å². The molecular weight excluding hydrogens is 168 g/mol. The first-order valence-electron chi connectivity index (χ1n) is 4.69. The lowest BCUT2D eigenvalue weighted by molar-refractivity contribution is -0.144. The van der Waals surface area contributed by atoms with Gasteiger partial charge in [-0.2, -0.15) is 0 Å². The van der Waals surface area contributed by atoms with Crippen LogP contribution >= 0.6 is 0 Å². The molecule has 4 nitrogen and oxygen atoms in total. The van der Waals surface area contributed by atoms with Crippen LogP contribution in [0.4, 0.5) is 0 Å². The minimum absolute atomic E-state index is 0.0130. The molecule has 0 saturated heterocycles. The molecule has 1 rings (SSSR count). The summed E-state index contributed by atoms with van der Waals surface area (Å²) >= 11 is 0. The van der Waals surface area contributed by atoms with Crippen molar-refractivity contribution in [2.75, 3.05) is 13.1 Å². The molecule has 0 radical (unpaired) electrons. The molecular formula is C9H16N2O2. The van der Waals surface area contributed by atoms with E-state index in [1.807, 2.05) is 0 Å². The number of nitrogens with zero attached hydrogens (tertiary/aromatic N) is 1. The van der Waals surface area contributed by atoms with Crippen LogP contribution in [0.2, 0.25) is 0 Å². The molecule has 74 valence electrons. The minimum Gasteiger partial charge on any atom is -0.330 e. The van der Waals surface area contributed by atoms with E-state index in [1.165, 1.54) is 11.8 Å². The second kappa shape index (κ2) is 4.37. The van der Waals surface area contributed by atoms with Crippen LogP contribution in [-0.2, 0) is 9.59 Å². The predicted octanol–water partition coefficient (Wildman–Crippen LogP) is 0.120. The summed E-state index contributed by atoms with van der Waals surface area (Å²) in [5.74, 6) is -0.0621. The molecule has 1 aliphatic rings. The Balaban J connectivity index is 2.45. The van der Waals surface area contributed by atoms with Gasteiger partial charge in [0.2, 0.25) is 11.8 Å². The largest absolute Gasteiger partial charge is 0.330 e. The van der Waals surface area contributed by atoms with Gasteiger partial charge in [0, 0.05) is 19.4 Å². The van der Waals surface area contributed by atoms with Crippen LogP contribution in [0, 0.1) is 5.92 Å². The molecule has 4 heteroatoms. The molecule has 0 unspecified atom stereocenters. The van der Waals surface area contributed by atoms with Gasteiger partial charge in [-0.1, -0.05) is 0 Å². The van der Waals surface area contributed by atoms with E-state index in [0.29, 0.717) is 19.5 Å². The Labute approximate surface area is 78.1 Å². The van der Waals surface area contributed by atoms with Gasteiger partial charge in [0.15, 0.2) is 0 Å². The molecule has 0 atom stereocenters. The van der Waals surface area contributed by atoms with Gasteiger partial charge in [-0.15, -0.1) is 0 Å². The Morgan fingerprint density at radius 1 is 1.46 bits per heavy atom. The first-order valence-corrected chi connectivity index (χ1v) is 4.69. The van der Waals surface area contributed by atoms with Crippen LogP contribution in [0.3, 0.4) is 0 Å². The van der Waals surface area contributed by atoms with Gasteiger partial charge in [-0.25, -0.2) is 0 Å². The van der Waals surface area contributed by atoms with Crippen molar-refractivity contribution in [3.8, 4) is 0 Å². The molecule has 0 bridgehead atoms. The van der Waals surface area contributed by atoms with Gasteiger partial charge in [-0.3, -0.25) is 14.5 Å². The number of imide groups is 1. The fourth-order valence-corrected chi connectivity index (χ4v) is 1.22. The van der Waals surface area contributed by atoms with E-state index in [-0.39, 0.29) is 17.7 Å². The maximum atomic E-state index is 11.5. The highest BCUT2D eigenvalue weighted by Gasteiger charge is 2.34. The van der Waals surface area contributed by atoms with Crippen LogP contribution in [0.15, 0.2) is 0 Å². The second-order valence-corrected chi connectivity index (χ2v) is 3.43. The summed E-state index contributed by atoms with van der Waals surface area (Å²) in [5, 5.41) is 0. The van der Waals surface area contributed by atoms with Crippen molar-refractivity contribution in [2.24, 2.45) is 11.7 Å². The molecule has 13 heavy (non-hydrogen) atoms.